The van der Waals surface area contributed by atoms with E-state index in [1.54, 1.807) is 17.5 Å². The Balaban J connectivity index is 1.68. The number of nitrogens with one attached hydrogen (secondary N) is 2. The van der Waals surface area contributed by atoms with Crippen molar-refractivity contribution < 1.29 is 4.79 Å². The highest BCUT2D eigenvalue weighted by Crippen LogP contribution is 2.25. The van der Waals surface area contributed by atoms with Crippen LogP contribution in [0.3, 0.4) is 0 Å². The highest BCUT2D eigenvalue weighted by molar-refractivity contribution is 7.09. The number of thiazole rings is 1. The lowest BCUT2D eigenvalue weighted by Gasteiger charge is -2.21. The molecular weight excluding hydrogens is 282 g/mol. The molecule has 0 bridgehead atoms. The van der Waals surface area contributed by atoms with Crippen LogP contribution in [0.25, 0.3) is 0 Å². The molecule has 21 heavy (non-hydrogen) atoms. The molecule has 110 valence electrons. The van der Waals surface area contributed by atoms with Crippen LogP contribution in [-0.2, 0) is 6.42 Å². The van der Waals surface area contributed by atoms with E-state index in [0.29, 0.717) is 6.54 Å². The van der Waals surface area contributed by atoms with Crippen molar-refractivity contribution in [1.82, 2.24) is 10.3 Å². The number of aromatic nitrogens is 1. The Kier molecular flexibility index (Phi) is 4.20. The lowest BCUT2D eigenvalue weighted by molar-refractivity contribution is 0.0950. The number of nitrogens with zero attached hydrogens (tertiary/aromatic N) is 1. The Morgan fingerprint density at radius 3 is 3.24 bits per heavy atom. The lowest BCUT2D eigenvalue weighted by Crippen LogP contribution is -2.29. The minimum atomic E-state index is 0.0129. The van der Waals surface area contributed by atoms with E-state index in [0.717, 1.165) is 41.2 Å². The van der Waals surface area contributed by atoms with Gasteiger partial charge in [0.25, 0.3) is 5.91 Å². The molecule has 3 rings (SSSR count). The molecule has 1 aliphatic heterocycles. The van der Waals surface area contributed by atoms with Gasteiger partial charge in [-0.15, -0.1) is 11.3 Å². The van der Waals surface area contributed by atoms with Gasteiger partial charge < -0.3 is 10.6 Å². The predicted octanol–water partition coefficient (Wildman–Crippen LogP) is 3.03. The monoisotopic (exact) mass is 301 g/mol. The van der Waals surface area contributed by atoms with E-state index in [1.807, 2.05) is 23.6 Å². The first-order chi connectivity index (χ1) is 10.3. The molecule has 1 atom stereocenters. The minimum Gasteiger partial charge on any atom is -0.385 e. The van der Waals surface area contributed by atoms with Crippen molar-refractivity contribution in [3.63, 3.8) is 0 Å². The first kappa shape index (κ1) is 14.1. The Hall–Kier alpha value is -1.88. The number of anilines is 1. The highest BCUT2D eigenvalue weighted by atomic mass is 32.1. The second-order valence-electron chi connectivity index (χ2n) is 5.34. The zero-order valence-corrected chi connectivity index (χ0v) is 12.9. The summed E-state index contributed by atoms with van der Waals surface area (Å²) >= 11 is 1.63. The molecule has 2 aromatic rings. The third-order valence-corrected chi connectivity index (χ3v) is 4.79. The van der Waals surface area contributed by atoms with Crippen LogP contribution in [-0.4, -0.2) is 24.0 Å². The number of hydrogen-bond acceptors (Lipinski definition) is 4. The molecule has 4 nitrogen and oxygen atoms in total. The number of hydrogen-bond donors (Lipinski definition) is 2. The quantitative estimate of drug-likeness (QED) is 0.912. The fourth-order valence-corrected chi connectivity index (χ4v) is 3.33. The summed E-state index contributed by atoms with van der Waals surface area (Å²) in [7, 11) is 0. The van der Waals surface area contributed by atoms with E-state index in [1.165, 1.54) is 0 Å². The zero-order chi connectivity index (χ0) is 14.7. The van der Waals surface area contributed by atoms with Gasteiger partial charge in [0, 0.05) is 41.8 Å². The average Bonchev–Trinajstić information content (AvgIpc) is 3.06. The third-order valence-electron chi connectivity index (χ3n) is 3.78. The molecule has 0 fully saturated rings. The van der Waals surface area contributed by atoms with Crippen molar-refractivity contribution in [2.75, 3.05) is 18.4 Å². The van der Waals surface area contributed by atoms with Gasteiger partial charge in [-0.05, 0) is 30.5 Å². The van der Waals surface area contributed by atoms with Crippen LogP contribution < -0.4 is 10.6 Å². The molecule has 1 aliphatic rings. The van der Waals surface area contributed by atoms with Gasteiger partial charge in [-0.2, -0.15) is 0 Å². The van der Waals surface area contributed by atoms with Crippen LogP contribution in [0.2, 0.25) is 0 Å². The van der Waals surface area contributed by atoms with Crippen LogP contribution >= 0.6 is 11.3 Å². The lowest BCUT2D eigenvalue weighted by atomic mass is 9.97. The molecule has 2 N–H and O–H groups in total. The molecule has 0 aliphatic carbocycles. The fourth-order valence-electron chi connectivity index (χ4n) is 2.63. The van der Waals surface area contributed by atoms with Crippen molar-refractivity contribution >= 4 is 22.9 Å². The van der Waals surface area contributed by atoms with E-state index in [2.05, 4.69) is 22.5 Å². The van der Waals surface area contributed by atoms with Gasteiger partial charge >= 0.3 is 0 Å². The van der Waals surface area contributed by atoms with Crippen molar-refractivity contribution in [1.29, 1.82) is 0 Å². The van der Waals surface area contributed by atoms with E-state index in [9.17, 15) is 4.79 Å². The Bertz CT molecular complexity index is 624. The van der Waals surface area contributed by atoms with Gasteiger partial charge in [-0.1, -0.05) is 13.0 Å². The Morgan fingerprint density at radius 1 is 1.52 bits per heavy atom. The first-order valence-electron chi connectivity index (χ1n) is 7.29. The molecular formula is C16H19N3OS. The molecule has 1 aromatic carbocycles. The van der Waals surface area contributed by atoms with Crippen LogP contribution in [0, 0.1) is 0 Å². The molecule has 1 aromatic heterocycles. The predicted molar refractivity (Wildman–Crippen MR) is 86.1 cm³/mol. The average molecular weight is 301 g/mol. The van der Waals surface area contributed by atoms with Gasteiger partial charge in [0.1, 0.15) is 0 Å². The third kappa shape index (κ3) is 3.08. The molecule has 0 saturated carbocycles. The maximum absolute atomic E-state index is 12.4. The smallest absolute Gasteiger partial charge is 0.251 e. The summed E-state index contributed by atoms with van der Waals surface area (Å²) in [5, 5.41) is 9.42. The largest absolute Gasteiger partial charge is 0.385 e. The van der Waals surface area contributed by atoms with Crippen molar-refractivity contribution in [3.05, 3.63) is 45.9 Å². The van der Waals surface area contributed by atoms with E-state index >= 15 is 0 Å². The topological polar surface area (TPSA) is 54.0 Å². The molecule has 2 heterocycles. The molecule has 5 heteroatoms. The summed E-state index contributed by atoms with van der Waals surface area (Å²) in [6, 6.07) is 5.90. The summed E-state index contributed by atoms with van der Waals surface area (Å²) in [6.07, 6.45) is 3.85. The fraction of sp³-hybridized carbons (Fsp3) is 0.375. The molecule has 0 radical (unpaired) electrons. The van der Waals surface area contributed by atoms with E-state index in [-0.39, 0.29) is 11.8 Å². The minimum absolute atomic E-state index is 0.0129. The van der Waals surface area contributed by atoms with Gasteiger partial charge in [-0.25, -0.2) is 4.98 Å². The maximum atomic E-state index is 12.4. The summed E-state index contributed by atoms with van der Waals surface area (Å²) in [6.45, 7) is 3.68. The van der Waals surface area contributed by atoms with Gasteiger partial charge in [-0.3, -0.25) is 4.79 Å². The Morgan fingerprint density at radius 2 is 2.43 bits per heavy atom. The van der Waals surface area contributed by atoms with Crippen LogP contribution in [0.1, 0.15) is 40.2 Å². The standard InChI is InChI=1S/C16H19N3OS/c1-11(16-18-8-9-21-16)10-19-15(20)13-4-2-6-14-12(13)5-3-7-17-14/h2,4,6,8-9,11,17H,3,5,7,10H2,1H3,(H,19,20). The number of carbonyl (C=O) groups excluding carboxylic acids is 1. The molecule has 1 amide bonds. The van der Waals surface area contributed by atoms with E-state index in [4.69, 9.17) is 0 Å². The second kappa shape index (κ2) is 6.26. The van der Waals surface area contributed by atoms with E-state index < -0.39 is 0 Å². The summed E-state index contributed by atoms with van der Waals surface area (Å²) < 4.78 is 0. The summed E-state index contributed by atoms with van der Waals surface area (Å²) in [5.41, 5.74) is 3.04. The summed E-state index contributed by atoms with van der Waals surface area (Å²) in [5.74, 6) is 0.255. The first-order valence-corrected chi connectivity index (χ1v) is 8.17. The van der Waals surface area contributed by atoms with Crippen LogP contribution in [0.15, 0.2) is 29.8 Å². The second-order valence-corrected chi connectivity index (χ2v) is 6.27. The SMILES string of the molecule is CC(CNC(=O)c1cccc2c1CCCN2)c1nccs1. The van der Waals surface area contributed by atoms with Gasteiger partial charge in [0.15, 0.2) is 0 Å². The number of benzene rings is 1. The molecule has 0 saturated heterocycles. The highest BCUT2D eigenvalue weighted by Gasteiger charge is 2.18. The number of amides is 1. The van der Waals surface area contributed by atoms with Crippen LogP contribution in [0.5, 0.6) is 0 Å². The van der Waals surface area contributed by atoms with Gasteiger partial charge in [0.05, 0.1) is 5.01 Å². The Labute approximate surface area is 128 Å². The maximum Gasteiger partial charge on any atom is 0.251 e. The van der Waals surface area contributed by atoms with Gasteiger partial charge in [0.2, 0.25) is 0 Å². The molecule has 0 spiro atoms. The molecule has 1 unspecified atom stereocenters. The van der Waals surface area contributed by atoms with Crippen molar-refractivity contribution in [3.8, 4) is 0 Å². The van der Waals surface area contributed by atoms with Crippen molar-refractivity contribution in [2.45, 2.75) is 25.7 Å². The zero-order valence-electron chi connectivity index (χ0n) is 12.1. The number of carbonyl (C=O) groups is 1. The summed E-state index contributed by atoms with van der Waals surface area (Å²) in [4.78, 5) is 16.7. The normalized spacial score (nSPS) is 14.9. The van der Waals surface area contributed by atoms with Crippen molar-refractivity contribution in [2.24, 2.45) is 0 Å². The number of rotatable bonds is 4. The number of fused-ring (bicyclic) bond motifs is 1. The van der Waals surface area contributed by atoms with Crippen LogP contribution in [0.4, 0.5) is 5.69 Å².